The Hall–Kier alpha value is -2.03. The second kappa shape index (κ2) is 7.90. The van der Waals surface area contributed by atoms with E-state index in [0.717, 1.165) is 5.56 Å². The molecule has 1 saturated heterocycles. The van der Waals surface area contributed by atoms with E-state index in [1.54, 1.807) is 29.6 Å². The molecule has 132 valence electrons. The number of hydrogen-bond acceptors (Lipinski definition) is 7. The maximum Gasteiger partial charge on any atom is 0.353 e. The van der Waals surface area contributed by atoms with Crippen LogP contribution in [0, 0.1) is 0 Å². The predicted octanol–water partition coefficient (Wildman–Crippen LogP) is 0.793. The Balaban J connectivity index is 1.78. The van der Waals surface area contributed by atoms with Gasteiger partial charge in [-0.1, -0.05) is 17.8 Å². The predicted molar refractivity (Wildman–Crippen MR) is 92.8 cm³/mol. The van der Waals surface area contributed by atoms with Crippen LogP contribution in [-0.2, 0) is 4.79 Å². The number of thiophene rings is 1. The maximum atomic E-state index is 12.1. The van der Waals surface area contributed by atoms with Crippen LogP contribution in [0.4, 0.5) is 0 Å². The first-order valence-electron chi connectivity index (χ1n) is 7.78. The summed E-state index contributed by atoms with van der Waals surface area (Å²) in [5.41, 5.74) is 0.910. The third-order valence-corrected chi connectivity index (χ3v) is 5.88. The summed E-state index contributed by atoms with van der Waals surface area (Å²) < 4.78 is 11.0. The number of aliphatic carboxylic acids is 1. The lowest BCUT2D eigenvalue weighted by atomic mass is 10.2. The van der Waals surface area contributed by atoms with Crippen LogP contribution in [0.15, 0.2) is 35.7 Å². The highest BCUT2D eigenvalue weighted by Crippen LogP contribution is 2.35. The van der Waals surface area contributed by atoms with Crippen LogP contribution >= 0.6 is 23.1 Å². The molecular weight excluding hydrogens is 362 g/mol. The third kappa shape index (κ3) is 4.15. The van der Waals surface area contributed by atoms with Crippen LogP contribution in [0.2, 0.25) is 0 Å². The van der Waals surface area contributed by atoms with E-state index in [4.69, 9.17) is 9.47 Å². The summed E-state index contributed by atoms with van der Waals surface area (Å²) >= 11 is 2.85. The van der Waals surface area contributed by atoms with E-state index >= 15 is 0 Å². The average molecular weight is 379 g/mol. The first kappa shape index (κ1) is 17.8. The summed E-state index contributed by atoms with van der Waals surface area (Å²) in [5.74, 6) is -0.171. The second-order valence-electron chi connectivity index (χ2n) is 5.38. The highest BCUT2D eigenvalue weighted by atomic mass is 32.2. The van der Waals surface area contributed by atoms with Crippen molar-refractivity contribution in [3.05, 3.63) is 46.2 Å². The van der Waals surface area contributed by atoms with Crippen molar-refractivity contribution in [1.29, 1.82) is 0 Å². The molecule has 6 nitrogen and oxygen atoms in total. The molecule has 0 amide bonds. The van der Waals surface area contributed by atoms with Crippen molar-refractivity contribution in [3.8, 4) is 11.5 Å². The normalized spacial score (nSPS) is 19.6. The van der Waals surface area contributed by atoms with Crippen molar-refractivity contribution in [2.45, 2.75) is 18.3 Å². The molecule has 1 aliphatic heterocycles. The molecule has 0 bridgehead atoms. The van der Waals surface area contributed by atoms with Gasteiger partial charge in [0.2, 0.25) is 0 Å². The average Bonchev–Trinajstić information content (AvgIpc) is 3.28. The molecule has 2 heterocycles. The number of carbonyl (C=O) groups is 2. The summed E-state index contributed by atoms with van der Waals surface area (Å²) in [7, 11) is 0. The molecule has 0 unspecified atom stereocenters. The molecule has 0 saturated carbocycles. The van der Waals surface area contributed by atoms with E-state index in [0.29, 0.717) is 28.7 Å². The highest BCUT2D eigenvalue weighted by Gasteiger charge is 2.31. The number of benzene rings is 1. The van der Waals surface area contributed by atoms with Crippen LogP contribution < -0.4 is 19.9 Å². The Labute approximate surface area is 153 Å². The van der Waals surface area contributed by atoms with Gasteiger partial charge < -0.3 is 24.7 Å². The molecule has 0 aliphatic carbocycles. The summed E-state index contributed by atoms with van der Waals surface area (Å²) in [6.45, 7) is 2.27. The molecular formula is C17H17NO5S2. The van der Waals surface area contributed by atoms with E-state index in [9.17, 15) is 14.7 Å². The van der Waals surface area contributed by atoms with Gasteiger partial charge in [0.1, 0.15) is 16.9 Å². The third-order valence-electron chi connectivity index (χ3n) is 3.69. The molecule has 0 spiro atoms. The number of carboxylic acid groups (broad SMARTS) is 1. The molecule has 2 atom stereocenters. The largest absolute Gasteiger partial charge is 0.544 e. The fraction of sp³-hybridized carbons (Fsp3) is 0.294. The van der Waals surface area contributed by atoms with Gasteiger partial charge in [-0.2, -0.15) is 0 Å². The Morgan fingerprint density at radius 2 is 2.16 bits per heavy atom. The summed E-state index contributed by atoms with van der Waals surface area (Å²) in [4.78, 5) is 23.7. The topological polar surface area (TPSA) is 92.3 Å². The van der Waals surface area contributed by atoms with Crippen LogP contribution in [0.1, 0.15) is 27.5 Å². The van der Waals surface area contributed by atoms with Crippen molar-refractivity contribution in [3.63, 3.8) is 0 Å². The molecule has 1 aromatic heterocycles. The molecule has 25 heavy (non-hydrogen) atoms. The number of carbonyl (C=O) groups excluding carboxylic acids is 2. The standard InChI is InChI=1S/C17H17NO5S2/c1-2-22-13-8-10(15-18-11(9-25-15)16(19)20)5-6-12(13)23-17(21)14-4-3-7-24-14/h3-8,11,15,18H,2,9H2,1H3,(H,19,20)/t11-,15-/m1/s1. The van der Waals surface area contributed by atoms with Gasteiger partial charge >= 0.3 is 5.97 Å². The highest BCUT2D eigenvalue weighted by molar-refractivity contribution is 7.99. The minimum absolute atomic E-state index is 0.0517. The van der Waals surface area contributed by atoms with Gasteiger partial charge in [-0.05, 0) is 36.6 Å². The summed E-state index contributed by atoms with van der Waals surface area (Å²) in [6.07, 6.45) is 0. The molecule has 2 N–H and O–H groups in total. The second-order valence-corrected chi connectivity index (χ2v) is 7.50. The zero-order valence-electron chi connectivity index (χ0n) is 13.5. The van der Waals surface area contributed by atoms with E-state index in [1.807, 2.05) is 18.4 Å². The van der Waals surface area contributed by atoms with Gasteiger partial charge in [-0.15, -0.1) is 11.3 Å². The first-order chi connectivity index (χ1) is 12.1. The zero-order valence-corrected chi connectivity index (χ0v) is 15.1. The Bertz CT molecular complexity index is 762. The number of ether oxygens (including phenoxy) is 2. The van der Waals surface area contributed by atoms with Crippen LogP contribution in [0.5, 0.6) is 11.5 Å². The number of nitrogens with two attached hydrogens (primary N) is 1. The molecule has 1 aliphatic rings. The molecule has 2 aromatic rings. The van der Waals surface area contributed by atoms with E-state index in [2.05, 4.69) is 0 Å². The van der Waals surface area contributed by atoms with Crippen LogP contribution in [0.3, 0.4) is 0 Å². The maximum absolute atomic E-state index is 12.1. The number of rotatable bonds is 6. The van der Waals surface area contributed by atoms with Gasteiger partial charge in [-0.25, -0.2) is 4.79 Å². The monoisotopic (exact) mass is 379 g/mol. The lowest BCUT2D eigenvalue weighted by Crippen LogP contribution is -2.90. The van der Waals surface area contributed by atoms with Crippen LogP contribution in [-0.4, -0.2) is 30.3 Å². The van der Waals surface area contributed by atoms with Crippen molar-refractivity contribution in [1.82, 2.24) is 0 Å². The van der Waals surface area contributed by atoms with E-state index in [1.165, 1.54) is 23.1 Å². The minimum atomic E-state index is -1.05. The number of hydrogen-bond donors (Lipinski definition) is 1. The van der Waals surface area contributed by atoms with E-state index < -0.39 is 18.0 Å². The number of esters is 1. The number of thioether (sulfide) groups is 1. The van der Waals surface area contributed by atoms with Crippen molar-refractivity contribution in [2.24, 2.45) is 0 Å². The Morgan fingerprint density at radius 3 is 2.80 bits per heavy atom. The molecule has 0 radical (unpaired) electrons. The zero-order chi connectivity index (χ0) is 17.8. The van der Waals surface area contributed by atoms with Crippen molar-refractivity contribution < 1.29 is 29.5 Å². The molecule has 1 aromatic carbocycles. The summed E-state index contributed by atoms with van der Waals surface area (Å²) in [5, 5.41) is 14.5. The van der Waals surface area contributed by atoms with Gasteiger partial charge in [0, 0.05) is 5.56 Å². The van der Waals surface area contributed by atoms with Crippen LogP contribution in [0.25, 0.3) is 0 Å². The first-order valence-corrected chi connectivity index (χ1v) is 9.71. The lowest BCUT2D eigenvalue weighted by molar-refractivity contribution is -0.690. The van der Waals surface area contributed by atoms with Gasteiger partial charge in [0.25, 0.3) is 0 Å². The molecule has 3 rings (SSSR count). The van der Waals surface area contributed by atoms with Gasteiger partial charge in [0.05, 0.1) is 12.4 Å². The quantitative estimate of drug-likeness (QED) is 0.589. The lowest BCUT2D eigenvalue weighted by Gasteiger charge is -2.14. The van der Waals surface area contributed by atoms with E-state index in [-0.39, 0.29) is 5.37 Å². The fourth-order valence-corrected chi connectivity index (χ4v) is 4.38. The minimum Gasteiger partial charge on any atom is -0.544 e. The molecule has 1 fully saturated rings. The smallest absolute Gasteiger partial charge is 0.353 e. The van der Waals surface area contributed by atoms with Crippen molar-refractivity contribution in [2.75, 3.05) is 12.4 Å². The van der Waals surface area contributed by atoms with Gasteiger partial charge in [-0.3, -0.25) is 0 Å². The van der Waals surface area contributed by atoms with Crippen molar-refractivity contribution >= 4 is 35.0 Å². The fourth-order valence-electron chi connectivity index (χ4n) is 2.48. The number of quaternary nitrogens is 1. The Morgan fingerprint density at radius 1 is 1.32 bits per heavy atom. The Kier molecular flexibility index (Phi) is 5.62. The van der Waals surface area contributed by atoms with Gasteiger partial charge in [0.15, 0.2) is 16.9 Å². The molecule has 8 heteroatoms. The summed E-state index contributed by atoms with van der Waals surface area (Å²) in [6, 6.07) is 8.24. The SMILES string of the molecule is CCOc1cc([C@@H]2[NH2+][C@@H](C(=O)[O-])CS2)ccc1OC(=O)c1cccs1. The number of carboxylic acids is 1.